The van der Waals surface area contributed by atoms with E-state index in [2.05, 4.69) is 10.2 Å². The van der Waals surface area contributed by atoms with Crippen molar-refractivity contribution in [2.24, 2.45) is 0 Å². The lowest BCUT2D eigenvalue weighted by atomic mass is 9.91. The van der Waals surface area contributed by atoms with E-state index in [1.165, 1.54) is 28.7 Å². The van der Waals surface area contributed by atoms with Crippen LogP contribution in [0.5, 0.6) is 0 Å². The van der Waals surface area contributed by atoms with Crippen LogP contribution in [-0.4, -0.2) is 33.1 Å². The van der Waals surface area contributed by atoms with E-state index in [-0.39, 0.29) is 17.8 Å². The molecule has 4 nitrogen and oxygen atoms in total. The van der Waals surface area contributed by atoms with Crippen LogP contribution in [-0.2, 0) is 12.8 Å². The molecule has 1 aromatic carbocycles. The molecule has 25 heavy (non-hydrogen) atoms. The third kappa shape index (κ3) is 2.47. The summed E-state index contributed by atoms with van der Waals surface area (Å²) >= 11 is 1.44. The molecule has 0 spiro atoms. The summed E-state index contributed by atoms with van der Waals surface area (Å²) in [6.45, 7) is 0. The molecule has 1 fully saturated rings. The molecular formula is C19H18FN3OS. The summed E-state index contributed by atoms with van der Waals surface area (Å²) in [5, 5.41) is 9.47. The molecule has 1 saturated carbocycles. The predicted molar refractivity (Wildman–Crippen MR) is 95.4 cm³/mol. The van der Waals surface area contributed by atoms with Crippen LogP contribution in [0.15, 0.2) is 29.8 Å². The van der Waals surface area contributed by atoms with Crippen LogP contribution >= 0.6 is 11.3 Å². The molecule has 5 rings (SSSR count). The molecule has 2 aliphatic carbocycles. The highest BCUT2D eigenvalue weighted by molar-refractivity contribution is 7.17. The van der Waals surface area contributed by atoms with E-state index in [0.717, 1.165) is 36.8 Å². The van der Waals surface area contributed by atoms with Crippen molar-refractivity contribution in [1.82, 2.24) is 15.1 Å². The number of aromatic nitrogens is 2. The van der Waals surface area contributed by atoms with Gasteiger partial charge in [-0.05, 0) is 49.8 Å². The van der Waals surface area contributed by atoms with Crippen LogP contribution < -0.4 is 0 Å². The molecule has 0 aliphatic heterocycles. The van der Waals surface area contributed by atoms with Crippen molar-refractivity contribution < 1.29 is 9.18 Å². The molecule has 6 heteroatoms. The molecular weight excluding hydrogens is 337 g/mol. The average Bonchev–Trinajstić information content (AvgIpc) is 3.17. The summed E-state index contributed by atoms with van der Waals surface area (Å²) in [5.74, 6) is -0.325. The number of thiophene rings is 1. The van der Waals surface area contributed by atoms with Gasteiger partial charge in [-0.15, -0.1) is 11.3 Å². The molecule has 0 bridgehead atoms. The van der Waals surface area contributed by atoms with Crippen LogP contribution in [0.25, 0.3) is 10.1 Å². The first-order valence-electron chi connectivity index (χ1n) is 8.72. The molecule has 2 aliphatic rings. The van der Waals surface area contributed by atoms with Crippen molar-refractivity contribution in [3.63, 3.8) is 0 Å². The Hall–Kier alpha value is -2.21. The van der Waals surface area contributed by atoms with Crippen molar-refractivity contribution in [3.05, 3.63) is 52.4 Å². The minimum atomic E-state index is -0.307. The van der Waals surface area contributed by atoms with Gasteiger partial charge in [0.25, 0.3) is 5.91 Å². The second kappa shape index (κ2) is 5.66. The first-order valence-corrected chi connectivity index (χ1v) is 9.60. The van der Waals surface area contributed by atoms with Gasteiger partial charge >= 0.3 is 0 Å². The van der Waals surface area contributed by atoms with Gasteiger partial charge in [-0.25, -0.2) is 4.39 Å². The lowest BCUT2D eigenvalue weighted by Gasteiger charge is -2.34. The molecule has 128 valence electrons. The average molecular weight is 355 g/mol. The second-order valence-corrected chi connectivity index (χ2v) is 7.89. The Morgan fingerprint density at radius 2 is 2.16 bits per heavy atom. The number of halogens is 1. The third-order valence-corrected chi connectivity index (χ3v) is 6.29. The molecule has 0 saturated heterocycles. The fraction of sp³-hybridized carbons (Fsp3) is 0.368. The number of aromatic amines is 1. The van der Waals surface area contributed by atoms with Crippen LogP contribution in [0, 0.1) is 5.82 Å². The van der Waals surface area contributed by atoms with Gasteiger partial charge in [0.05, 0.1) is 11.8 Å². The van der Waals surface area contributed by atoms with Gasteiger partial charge in [0, 0.05) is 33.2 Å². The molecule has 2 aromatic heterocycles. The normalized spacial score (nSPS) is 19.8. The Kier molecular flexibility index (Phi) is 3.41. The smallest absolute Gasteiger partial charge is 0.255 e. The monoisotopic (exact) mass is 355 g/mol. The number of benzene rings is 1. The first-order chi connectivity index (χ1) is 12.2. The topological polar surface area (TPSA) is 49.0 Å². The quantitative estimate of drug-likeness (QED) is 0.774. The Labute approximate surface area is 148 Å². The van der Waals surface area contributed by atoms with Crippen LogP contribution in [0.2, 0.25) is 0 Å². The summed E-state index contributed by atoms with van der Waals surface area (Å²) in [4.78, 5) is 15.4. The van der Waals surface area contributed by atoms with E-state index >= 15 is 0 Å². The van der Waals surface area contributed by atoms with E-state index in [0.29, 0.717) is 17.0 Å². The van der Waals surface area contributed by atoms with E-state index in [4.69, 9.17) is 0 Å². The largest absolute Gasteiger partial charge is 0.332 e. The highest BCUT2D eigenvalue weighted by Crippen LogP contribution is 2.37. The molecule has 1 unspecified atom stereocenters. The van der Waals surface area contributed by atoms with E-state index in [9.17, 15) is 9.18 Å². The molecule has 3 aromatic rings. The Bertz CT molecular complexity index is 959. The van der Waals surface area contributed by atoms with Gasteiger partial charge in [0.1, 0.15) is 5.82 Å². The van der Waals surface area contributed by atoms with Crippen LogP contribution in [0.1, 0.15) is 40.9 Å². The van der Waals surface area contributed by atoms with Crippen molar-refractivity contribution in [1.29, 1.82) is 0 Å². The first kappa shape index (κ1) is 15.1. The fourth-order valence-corrected chi connectivity index (χ4v) is 4.90. The SMILES string of the molecule is O=C(c1csc2cccc(F)c12)N(C1CC1)C1CCc2[nH]ncc2C1. The predicted octanol–water partition coefficient (Wildman–Crippen LogP) is 3.93. The molecule has 2 heterocycles. The van der Waals surface area contributed by atoms with Crippen molar-refractivity contribution >= 4 is 27.3 Å². The Morgan fingerprint density at radius 1 is 1.28 bits per heavy atom. The summed E-state index contributed by atoms with van der Waals surface area (Å²) in [7, 11) is 0. The maximum atomic E-state index is 14.3. The van der Waals surface area contributed by atoms with Crippen molar-refractivity contribution in [2.75, 3.05) is 0 Å². The van der Waals surface area contributed by atoms with Gasteiger partial charge < -0.3 is 4.90 Å². The standard InChI is InChI=1S/C19H18FN3OS/c20-15-2-1-3-17-18(15)14(10-25-17)19(24)23(12-4-5-12)13-6-7-16-11(8-13)9-21-22-16/h1-3,9-10,12-13H,4-8H2,(H,21,22). The molecule has 1 N–H and O–H groups in total. The van der Waals surface area contributed by atoms with Gasteiger partial charge in [0.15, 0.2) is 0 Å². The summed E-state index contributed by atoms with van der Waals surface area (Å²) in [6, 6.07) is 5.48. The van der Waals surface area contributed by atoms with Crippen molar-refractivity contribution in [3.8, 4) is 0 Å². The molecule has 1 atom stereocenters. The van der Waals surface area contributed by atoms with Gasteiger partial charge in [0.2, 0.25) is 0 Å². The number of H-pyrrole nitrogens is 1. The summed E-state index contributed by atoms with van der Waals surface area (Å²) in [6.07, 6.45) is 6.64. The number of hydrogen-bond acceptors (Lipinski definition) is 3. The molecule has 0 radical (unpaired) electrons. The Balaban J connectivity index is 1.51. The van der Waals surface area contributed by atoms with Gasteiger partial charge in [-0.1, -0.05) is 6.07 Å². The van der Waals surface area contributed by atoms with Gasteiger partial charge in [-0.3, -0.25) is 9.89 Å². The zero-order valence-electron chi connectivity index (χ0n) is 13.7. The minimum Gasteiger partial charge on any atom is -0.332 e. The Morgan fingerprint density at radius 3 is 3.00 bits per heavy atom. The number of hydrogen-bond donors (Lipinski definition) is 1. The number of amides is 1. The minimum absolute atomic E-state index is 0.0178. The van der Waals surface area contributed by atoms with Crippen LogP contribution in [0.4, 0.5) is 4.39 Å². The highest BCUT2D eigenvalue weighted by Gasteiger charge is 2.40. The maximum Gasteiger partial charge on any atom is 0.255 e. The number of aryl methyl sites for hydroxylation is 1. The van der Waals surface area contributed by atoms with E-state index in [1.54, 1.807) is 6.07 Å². The van der Waals surface area contributed by atoms with Gasteiger partial charge in [-0.2, -0.15) is 5.10 Å². The third-order valence-electron chi connectivity index (χ3n) is 5.34. The van der Waals surface area contributed by atoms with E-state index < -0.39 is 0 Å². The fourth-order valence-electron chi connectivity index (χ4n) is 3.96. The number of carbonyl (C=O) groups is 1. The second-order valence-electron chi connectivity index (χ2n) is 6.98. The number of nitrogens with zero attached hydrogens (tertiary/aromatic N) is 2. The number of nitrogens with one attached hydrogen (secondary N) is 1. The maximum absolute atomic E-state index is 14.3. The zero-order chi connectivity index (χ0) is 17.0. The van der Waals surface area contributed by atoms with Crippen LogP contribution in [0.3, 0.4) is 0 Å². The summed E-state index contributed by atoms with van der Waals surface area (Å²) in [5.41, 5.74) is 2.91. The number of rotatable bonds is 3. The molecule has 1 amide bonds. The number of fused-ring (bicyclic) bond motifs is 2. The lowest BCUT2D eigenvalue weighted by molar-refractivity contribution is 0.0645. The summed E-state index contributed by atoms with van der Waals surface area (Å²) < 4.78 is 15.2. The number of carbonyl (C=O) groups excluding carboxylic acids is 1. The lowest BCUT2D eigenvalue weighted by Crippen LogP contribution is -2.44. The van der Waals surface area contributed by atoms with E-state index in [1.807, 2.05) is 22.5 Å². The highest BCUT2D eigenvalue weighted by atomic mass is 32.1. The van der Waals surface area contributed by atoms with Crippen molar-refractivity contribution in [2.45, 2.75) is 44.2 Å². The zero-order valence-corrected chi connectivity index (χ0v) is 14.5.